The molecule has 0 atom stereocenters. The molecule has 2 saturated heterocycles. The molecule has 11 heteroatoms. The second-order valence-corrected chi connectivity index (χ2v) is 8.82. The quantitative estimate of drug-likeness (QED) is 0.721. The van der Waals surface area contributed by atoms with Crippen LogP contribution in [0.5, 0.6) is 0 Å². The van der Waals surface area contributed by atoms with Crippen molar-refractivity contribution >= 4 is 22.8 Å². The minimum atomic E-state index is -4.19. The van der Waals surface area contributed by atoms with Crippen molar-refractivity contribution in [1.29, 1.82) is 0 Å². The van der Waals surface area contributed by atoms with E-state index in [2.05, 4.69) is 10.3 Å². The summed E-state index contributed by atoms with van der Waals surface area (Å²) in [6, 6.07) is 5.06. The molecular formula is C22H28F3N5O3. The predicted octanol–water partition coefficient (Wildman–Crippen LogP) is 2.13. The summed E-state index contributed by atoms with van der Waals surface area (Å²) in [6.45, 7) is 1.70. The number of piperidine rings is 2. The van der Waals surface area contributed by atoms with Crippen molar-refractivity contribution in [3.63, 3.8) is 0 Å². The molecule has 0 bridgehead atoms. The van der Waals surface area contributed by atoms with Crippen molar-refractivity contribution in [2.75, 3.05) is 39.8 Å². The van der Waals surface area contributed by atoms with Gasteiger partial charge in [-0.25, -0.2) is 4.79 Å². The molecule has 0 saturated carbocycles. The summed E-state index contributed by atoms with van der Waals surface area (Å²) in [6.07, 6.45) is -2.92. The van der Waals surface area contributed by atoms with Crippen LogP contribution in [0.4, 0.5) is 13.2 Å². The molecule has 1 aromatic carbocycles. The maximum absolute atomic E-state index is 12.8. The molecular weight excluding hydrogens is 439 g/mol. The van der Waals surface area contributed by atoms with E-state index in [1.54, 1.807) is 29.8 Å². The van der Waals surface area contributed by atoms with Gasteiger partial charge < -0.3 is 15.2 Å². The van der Waals surface area contributed by atoms with Crippen LogP contribution in [0.2, 0.25) is 0 Å². The molecule has 4 rings (SSSR count). The number of amides is 2. The number of benzene rings is 1. The molecule has 2 amide bonds. The van der Waals surface area contributed by atoms with Crippen molar-refractivity contribution in [3.8, 4) is 0 Å². The van der Waals surface area contributed by atoms with Crippen molar-refractivity contribution in [1.82, 2.24) is 24.7 Å². The standard InChI is InChI=1S/C22H28F3N5O3/c1-26-20(32)14-2-3-18-17(12-14)27-21(33)30(18)16-6-8-28(9-7-16)13-19(31)29-10-4-15(5-11-29)22(23,24)25/h2-3,12,15-16H,4-11,13H2,1H3,(H,26,32)(H,27,33). The molecule has 0 aliphatic carbocycles. The van der Waals surface area contributed by atoms with E-state index < -0.39 is 12.1 Å². The molecule has 2 aromatic rings. The fourth-order valence-corrected chi connectivity index (χ4v) is 4.86. The van der Waals surface area contributed by atoms with Gasteiger partial charge in [0.05, 0.1) is 23.5 Å². The van der Waals surface area contributed by atoms with Crippen LogP contribution in [-0.4, -0.2) is 77.1 Å². The van der Waals surface area contributed by atoms with Gasteiger partial charge in [0.15, 0.2) is 0 Å². The Morgan fingerprint density at radius 3 is 2.36 bits per heavy atom. The van der Waals surface area contributed by atoms with Crippen LogP contribution >= 0.6 is 0 Å². The Morgan fingerprint density at radius 1 is 1.09 bits per heavy atom. The summed E-state index contributed by atoms with van der Waals surface area (Å²) in [7, 11) is 1.55. The summed E-state index contributed by atoms with van der Waals surface area (Å²) < 4.78 is 40.2. The SMILES string of the molecule is CNC(=O)c1ccc2c(c1)[nH]c(=O)n2C1CCN(CC(=O)N2CCC(C(F)(F)F)CC2)CC1. The Bertz CT molecular complexity index is 1080. The molecule has 33 heavy (non-hydrogen) atoms. The Balaban J connectivity index is 1.34. The van der Waals surface area contributed by atoms with Crippen LogP contribution in [0.25, 0.3) is 11.0 Å². The van der Waals surface area contributed by atoms with Gasteiger partial charge in [-0.15, -0.1) is 0 Å². The molecule has 2 aliphatic rings. The van der Waals surface area contributed by atoms with Gasteiger partial charge in [0.25, 0.3) is 5.91 Å². The maximum atomic E-state index is 12.8. The Labute approximate surface area is 188 Å². The first-order valence-electron chi connectivity index (χ1n) is 11.2. The predicted molar refractivity (Wildman–Crippen MR) is 116 cm³/mol. The number of imidazole rings is 1. The first-order chi connectivity index (χ1) is 15.7. The molecule has 3 heterocycles. The van der Waals surface area contributed by atoms with E-state index in [-0.39, 0.29) is 56.0 Å². The van der Waals surface area contributed by atoms with Gasteiger partial charge in [-0.3, -0.25) is 19.1 Å². The highest BCUT2D eigenvalue weighted by molar-refractivity contribution is 5.97. The lowest BCUT2D eigenvalue weighted by Crippen LogP contribution is -2.47. The number of hydrogen-bond donors (Lipinski definition) is 2. The lowest BCUT2D eigenvalue weighted by atomic mass is 9.96. The van der Waals surface area contributed by atoms with Gasteiger partial charge in [0, 0.05) is 44.8 Å². The molecule has 2 aliphatic heterocycles. The number of H-pyrrole nitrogens is 1. The normalized spacial score (nSPS) is 19.2. The number of aromatic amines is 1. The van der Waals surface area contributed by atoms with Crippen LogP contribution in [0.15, 0.2) is 23.0 Å². The van der Waals surface area contributed by atoms with E-state index in [9.17, 15) is 27.6 Å². The number of carbonyl (C=O) groups is 2. The number of alkyl halides is 3. The highest BCUT2D eigenvalue weighted by atomic mass is 19.4. The first-order valence-corrected chi connectivity index (χ1v) is 11.2. The Hall–Kier alpha value is -2.82. The van der Waals surface area contributed by atoms with Crippen LogP contribution in [0, 0.1) is 5.92 Å². The number of halogens is 3. The number of aromatic nitrogens is 2. The summed E-state index contributed by atoms with van der Waals surface area (Å²) in [5.41, 5.74) is 1.56. The van der Waals surface area contributed by atoms with E-state index in [1.165, 1.54) is 4.90 Å². The smallest absolute Gasteiger partial charge is 0.355 e. The summed E-state index contributed by atoms with van der Waals surface area (Å²) in [4.78, 5) is 43.4. The third kappa shape index (κ3) is 4.92. The lowest BCUT2D eigenvalue weighted by Gasteiger charge is -2.36. The molecule has 2 N–H and O–H groups in total. The van der Waals surface area contributed by atoms with E-state index in [4.69, 9.17) is 0 Å². The van der Waals surface area contributed by atoms with Crippen molar-refractivity contribution in [2.24, 2.45) is 5.92 Å². The molecule has 2 fully saturated rings. The van der Waals surface area contributed by atoms with Gasteiger partial charge in [-0.2, -0.15) is 13.2 Å². The summed E-state index contributed by atoms with van der Waals surface area (Å²) >= 11 is 0. The number of nitrogens with one attached hydrogen (secondary N) is 2. The largest absolute Gasteiger partial charge is 0.391 e. The second-order valence-electron chi connectivity index (χ2n) is 8.82. The maximum Gasteiger partial charge on any atom is 0.391 e. The fraction of sp³-hybridized carbons (Fsp3) is 0.591. The van der Waals surface area contributed by atoms with Crippen molar-refractivity contribution in [2.45, 2.75) is 37.9 Å². The van der Waals surface area contributed by atoms with Crippen molar-refractivity contribution in [3.05, 3.63) is 34.2 Å². The van der Waals surface area contributed by atoms with Crippen LogP contribution < -0.4 is 11.0 Å². The summed E-state index contributed by atoms with van der Waals surface area (Å²) in [5.74, 6) is -1.69. The van der Waals surface area contributed by atoms with Gasteiger partial charge in [-0.1, -0.05) is 0 Å². The zero-order valence-electron chi connectivity index (χ0n) is 18.5. The summed E-state index contributed by atoms with van der Waals surface area (Å²) in [5, 5.41) is 2.56. The number of hydrogen-bond acceptors (Lipinski definition) is 4. The van der Waals surface area contributed by atoms with Crippen molar-refractivity contribution < 1.29 is 22.8 Å². The molecule has 0 spiro atoms. The van der Waals surface area contributed by atoms with Crippen LogP contribution in [0.3, 0.4) is 0 Å². The Morgan fingerprint density at radius 2 is 1.76 bits per heavy atom. The highest BCUT2D eigenvalue weighted by Gasteiger charge is 2.41. The van der Waals surface area contributed by atoms with Gasteiger partial charge >= 0.3 is 11.9 Å². The second kappa shape index (κ2) is 9.20. The number of fused-ring (bicyclic) bond motifs is 1. The molecule has 8 nitrogen and oxygen atoms in total. The molecule has 0 radical (unpaired) electrons. The van der Waals surface area contributed by atoms with Gasteiger partial charge in [0.1, 0.15) is 0 Å². The third-order valence-corrected chi connectivity index (χ3v) is 6.80. The molecule has 0 unspecified atom stereocenters. The first kappa shape index (κ1) is 23.3. The average molecular weight is 467 g/mol. The molecule has 1 aromatic heterocycles. The van der Waals surface area contributed by atoms with Crippen LogP contribution in [-0.2, 0) is 4.79 Å². The van der Waals surface area contributed by atoms with Crippen LogP contribution in [0.1, 0.15) is 42.1 Å². The number of carbonyl (C=O) groups excluding carboxylic acids is 2. The lowest BCUT2D eigenvalue weighted by molar-refractivity contribution is -0.186. The van der Waals surface area contributed by atoms with Gasteiger partial charge in [-0.05, 0) is 43.9 Å². The number of rotatable bonds is 4. The van der Waals surface area contributed by atoms with E-state index in [1.807, 2.05) is 4.90 Å². The Kier molecular flexibility index (Phi) is 6.51. The zero-order chi connectivity index (χ0) is 23.8. The highest BCUT2D eigenvalue weighted by Crippen LogP contribution is 2.34. The topological polar surface area (TPSA) is 90.4 Å². The minimum Gasteiger partial charge on any atom is -0.355 e. The monoisotopic (exact) mass is 467 g/mol. The molecule has 180 valence electrons. The van der Waals surface area contributed by atoms with Gasteiger partial charge in [0.2, 0.25) is 5.91 Å². The zero-order valence-corrected chi connectivity index (χ0v) is 18.5. The average Bonchev–Trinajstić information content (AvgIpc) is 3.13. The third-order valence-electron chi connectivity index (χ3n) is 6.80. The van der Waals surface area contributed by atoms with E-state index >= 15 is 0 Å². The number of likely N-dealkylation sites (tertiary alicyclic amines) is 2. The van der Waals surface area contributed by atoms with E-state index in [0.717, 1.165) is 5.52 Å². The minimum absolute atomic E-state index is 0.0361. The van der Waals surface area contributed by atoms with E-state index in [0.29, 0.717) is 37.0 Å². The number of nitrogens with zero attached hydrogens (tertiary/aromatic N) is 3. The fourth-order valence-electron chi connectivity index (χ4n) is 4.86.